The third kappa shape index (κ3) is 3.74. The van der Waals surface area contributed by atoms with E-state index in [2.05, 4.69) is 35.2 Å². The van der Waals surface area contributed by atoms with Gasteiger partial charge in [0, 0.05) is 6.07 Å². The number of aromatic amines is 1. The van der Waals surface area contributed by atoms with E-state index < -0.39 is 5.25 Å². The Hall–Kier alpha value is -3.15. The highest BCUT2D eigenvalue weighted by Gasteiger charge is 2.22. The summed E-state index contributed by atoms with van der Waals surface area (Å²) in [6, 6.07) is 1.49. The Balaban J connectivity index is 1.81. The Morgan fingerprint density at radius 2 is 2.08 bits per heavy atom. The van der Waals surface area contributed by atoms with Crippen LogP contribution in [0, 0.1) is 0 Å². The van der Waals surface area contributed by atoms with Crippen LogP contribution in [-0.2, 0) is 4.79 Å². The number of carbonyl (C=O) groups excluding carboxylic acids is 1. The highest BCUT2D eigenvalue weighted by Crippen LogP contribution is 2.29. The average Bonchev–Trinajstić information content (AvgIpc) is 3.07. The molecule has 1 amide bonds. The number of hydrogen-bond donors (Lipinski definition) is 4. The Morgan fingerprint density at radius 3 is 2.81 bits per heavy atom. The van der Waals surface area contributed by atoms with Gasteiger partial charge in [-0.1, -0.05) is 18.7 Å². The molecule has 6 N–H and O–H groups in total. The van der Waals surface area contributed by atoms with Crippen LogP contribution in [0.2, 0.25) is 0 Å². The first-order valence-electron chi connectivity index (χ1n) is 7.62. The Morgan fingerprint density at radius 1 is 1.31 bits per heavy atom. The molecule has 0 fully saturated rings. The van der Waals surface area contributed by atoms with Gasteiger partial charge >= 0.3 is 0 Å². The minimum Gasteiger partial charge on any atom is -0.481 e. The highest BCUT2D eigenvalue weighted by molar-refractivity contribution is 8.00. The zero-order valence-electron chi connectivity index (χ0n) is 14.1. The minimum atomic E-state index is -0.446. The normalized spacial score (nSPS) is 12.1. The highest BCUT2D eigenvalue weighted by atomic mass is 32.2. The molecule has 0 radical (unpaired) electrons. The maximum absolute atomic E-state index is 12.6. The van der Waals surface area contributed by atoms with Crippen LogP contribution < -0.4 is 21.5 Å². The molecule has 26 heavy (non-hydrogen) atoms. The van der Waals surface area contributed by atoms with E-state index in [1.807, 2.05) is 6.92 Å². The largest absolute Gasteiger partial charge is 0.481 e. The summed E-state index contributed by atoms with van der Waals surface area (Å²) in [5, 5.41) is 2.82. The number of methoxy groups -OCH3 is 1. The predicted octanol–water partition coefficient (Wildman–Crippen LogP) is 0.825. The molecule has 0 aliphatic heterocycles. The van der Waals surface area contributed by atoms with Crippen LogP contribution in [0.1, 0.15) is 13.3 Å². The van der Waals surface area contributed by atoms with Gasteiger partial charge in [-0.25, -0.2) is 9.97 Å². The first kappa shape index (κ1) is 17.7. The lowest BCUT2D eigenvalue weighted by Crippen LogP contribution is -2.25. The van der Waals surface area contributed by atoms with Gasteiger partial charge in [0.15, 0.2) is 5.65 Å². The van der Waals surface area contributed by atoms with Crippen molar-refractivity contribution in [2.45, 2.75) is 23.6 Å². The van der Waals surface area contributed by atoms with Gasteiger partial charge in [-0.2, -0.15) is 15.0 Å². The van der Waals surface area contributed by atoms with Crippen molar-refractivity contribution in [2.24, 2.45) is 0 Å². The van der Waals surface area contributed by atoms with E-state index in [1.165, 1.54) is 31.3 Å². The van der Waals surface area contributed by atoms with Crippen LogP contribution >= 0.6 is 11.8 Å². The van der Waals surface area contributed by atoms with E-state index in [0.717, 1.165) is 0 Å². The number of nitrogens with two attached hydrogens (primary N) is 2. The number of carbonyl (C=O) groups is 1. The molecule has 0 unspecified atom stereocenters. The number of aromatic nitrogens is 6. The zero-order valence-corrected chi connectivity index (χ0v) is 14.9. The first-order chi connectivity index (χ1) is 12.5. The maximum Gasteiger partial charge on any atom is 0.239 e. The lowest BCUT2D eigenvalue weighted by molar-refractivity contribution is -0.115. The number of thioether (sulfide) groups is 1. The molecule has 1 atom stereocenters. The van der Waals surface area contributed by atoms with Crippen molar-refractivity contribution in [3.8, 4) is 5.88 Å². The molecule has 136 valence electrons. The molecule has 0 spiro atoms. The molecule has 0 aliphatic carbocycles. The molecule has 3 aromatic rings. The first-order valence-corrected chi connectivity index (χ1v) is 8.50. The van der Waals surface area contributed by atoms with E-state index >= 15 is 0 Å². The van der Waals surface area contributed by atoms with Gasteiger partial charge in [-0.15, -0.1) is 0 Å². The van der Waals surface area contributed by atoms with Crippen molar-refractivity contribution in [1.29, 1.82) is 0 Å². The number of nitrogens with one attached hydrogen (secondary N) is 2. The lowest BCUT2D eigenvalue weighted by atomic mass is 10.3. The fourth-order valence-corrected chi connectivity index (χ4v) is 3.20. The topological polar surface area (TPSA) is 171 Å². The second-order valence-electron chi connectivity index (χ2n) is 5.15. The van der Waals surface area contributed by atoms with Crippen LogP contribution in [0.5, 0.6) is 5.88 Å². The molecule has 12 heteroatoms. The lowest BCUT2D eigenvalue weighted by Gasteiger charge is -2.14. The van der Waals surface area contributed by atoms with Gasteiger partial charge in [0.1, 0.15) is 16.4 Å². The SMILES string of the molecule is CC[C@H](Sc1nc(N)nc2nc[nH]c12)C(=O)Nc1cc(OC)nc(N)n1. The molecule has 0 aromatic carbocycles. The summed E-state index contributed by atoms with van der Waals surface area (Å²) >= 11 is 1.26. The minimum absolute atomic E-state index is 0.00286. The summed E-state index contributed by atoms with van der Waals surface area (Å²) < 4.78 is 5.02. The zero-order chi connectivity index (χ0) is 18.7. The smallest absolute Gasteiger partial charge is 0.239 e. The number of nitrogen functional groups attached to an aromatic ring is 2. The van der Waals surface area contributed by atoms with E-state index in [4.69, 9.17) is 16.2 Å². The molecule has 0 aliphatic rings. The number of hydrogen-bond acceptors (Lipinski definition) is 10. The molecule has 3 rings (SSSR count). The van der Waals surface area contributed by atoms with E-state index in [1.54, 1.807) is 0 Å². The van der Waals surface area contributed by atoms with Crippen LogP contribution in [-0.4, -0.2) is 48.2 Å². The second-order valence-corrected chi connectivity index (χ2v) is 6.34. The van der Waals surface area contributed by atoms with Gasteiger partial charge in [-0.05, 0) is 6.42 Å². The summed E-state index contributed by atoms with van der Waals surface area (Å²) in [5.74, 6) is 0.352. The number of nitrogens with zero attached hydrogens (tertiary/aromatic N) is 5. The fraction of sp³-hybridized carbons (Fsp3) is 0.286. The number of H-pyrrole nitrogens is 1. The van der Waals surface area contributed by atoms with Crippen molar-refractivity contribution in [2.75, 3.05) is 23.9 Å². The summed E-state index contributed by atoms with van der Waals surface area (Å²) in [6.45, 7) is 1.89. The fourth-order valence-electron chi connectivity index (χ4n) is 2.18. The van der Waals surface area contributed by atoms with Gasteiger partial charge in [-0.3, -0.25) is 4.79 Å². The molecule has 11 nitrogen and oxygen atoms in total. The Labute approximate surface area is 152 Å². The van der Waals surface area contributed by atoms with Gasteiger partial charge in [0.25, 0.3) is 0 Å². The van der Waals surface area contributed by atoms with E-state index in [0.29, 0.717) is 22.6 Å². The van der Waals surface area contributed by atoms with Crippen LogP contribution in [0.15, 0.2) is 17.4 Å². The van der Waals surface area contributed by atoms with Crippen molar-refractivity contribution < 1.29 is 9.53 Å². The van der Waals surface area contributed by atoms with E-state index in [9.17, 15) is 4.79 Å². The molecule has 3 aromatic heterocycles. The van der Waals surface area contributed by atoms with Crippen LogP contribution in [0.4, 0.5) is 17.7 Å². The predicted molar refractivity (Wildman–Crippen MR) is 97.7 cm³/mol. The summed E-state index contributed by atoms with van der Waals surface area (Å²) in [4.78, 5) is 35.8. The van der Waals surface area contributed by atoms with Crippen LogP contribution in [0.3, 0.4) is 0 Å². The molecular formula is C14H17N9O2S. The number of fused-ring (bicyclic) bond motifs is 1. The molecule has 0 bridgehead atoms. The third-order valence-electron chi connectivity index (χ3n) is 3.37. The number of amides is 1. The Kier molecular flexibility index (Phi) is 5.02. The van der Waals surface area contributed by atoms with Crippen molar-refractivity contribution in [3.05, 3.63) is 12.4 Å². The van der Waals surface area contributed by atoms with Gasteiger partial charge < -0.3 is 26.5 Å². The standard InChI is InChI=1S/C14H17N9O2S/c1-3-6(11(24)19-7-4-8(25-2)21-13(15)20-7)26-12-9-10(18-5-17-9)22-14(16)23-12/h4-6H,3H2,1-2H3,(H3,15,19,20,21,24)(H3,16,17,18,22,23)/t6-/m0/s1. The summed E-state index contributed by atoms with van der Waals surface area (Å²) in [5.41, 5.74) is 12.4. The van der Waals surface area contributed by atoms with Crippen LogP contribution in [0.25, 0.3) is 11.2 Å². The van der Waals surface area contributed by atoms with Crippen molar-refractivity contribution in [3.63, 3.8) is 0 Å². The van der Waals surface area contributed by atoms with E-state index in [-0.39, 0.29) is 29.5 Å². The molecule has 0 saturated heterocycles. The van der Waals surface area contributed by atoms with Crippen molar-refractivity contribution >= 4 is 46.5 Å². The average molecular weight is 375 g/mol. The van der Waals surface area contributed by atoms with Crippen molar-refractivity contribution in [1.82, 2.24) is 29.9 Å². The second kappa shape index (κ2) is 7.39. The maximum atomic E-state index is 12.6. The number of anilines is 3. The summed E-state index contributed by atoms with van der Waals surface area (Å²) in [7, 11) is 1.45. The quantitative estimate of drug-likeness (QED) is 0.357. The van der Waals surface area contributed by atoms with Gasteiger partial charge in [0.05, 0.1) is 18.7 Å². The van der Waals surface area contributed by atoms with Gasteiger partial charge in [0.2, 0.25) is 23.7 Å². The molecule has 3 heterocycles. The molecule has 0 saturated carbocycles. The summed E-state index contributed by atoms with van der Waals surface area (Å²) in [6.07, 6.45) is 2.05. The number of imidazole rings is 1. The monoisotopic (exact) mass is 375 g/mol. The molecular weight excluding hydrogens is 358 g/mol. The number of ether oxygens (including phenoxy) is 1. The Bertz CT molecular complexity index is 945. The number of rotatable bonds is 6. The third-order valence-corrected chi connectivity index (χ3v) is 4.72.